The summed E-state index contributed by atoms with van der Waals surface area (Å²) in [7, 11) is -4.16. The molecule has 22 heavy (non-hydrogen) atoms. The van der Waals surface area contributed by atoms with Gasteiger partial charge in [-0.25, -0.2) is 18.0 Å². The highest BCUT2D eigenvalue weighted by Gasteiger charge is 2.22. The molecule has 0 aliphatic carbocycles. The summed E-state index contributed by atoms with van der Waals surface area (Å²) in [6, 6.07) is 10.3. The molecule has 0 atom stereocenters. The number of rotatable bonds is 5. The Hall–Kier alpha value is -2.87. The van der Waals surface area contributed by atoms with E-state index in [2.05, 4.69) is 4.72 Å². The molecule has 2 aromatic carbocycles. The SMILES string of the molecule is O=C(O)c1cccc(NS(=O)(=O)c2ccccc2C(=O)O)c1. The minimum atomic E-state index is -4.16. The fourth-order valence-electron chi connectivity index (χ4n) is 1.80. The largest absolute Gasteiger partial charge is 0.478 e. The summed E-state index contributed by atoms with van der Waals surface area (Å²) in [5.41, 5.74) is -0.434. The fourth-order valence-corrected chi connectivity index (χ4v) is 3.05. The monoisotopic (exact) mass is 321 g/mol. The molecule has 0 bridgehead atoms. The molecule has 0 unspecified atom stereocenters. The van der Waals surface area contributed by atoms with Crippen LogP contribution in [0.15, 0.2) is 53.4 Å². The lowest BCUT2D eigenvalue weighted by molar-refractivity contribution is 0.0684. The maximum Gasteiger partial charge on any atom is 0.337 e. The number of carboxylic acid groups (broad SMARTS) is 2. The lowest BCUT2D eigenvalue weighted by atomic mass is 10.2. The fraction of sp³-hybridized carbons (Fsp3) is 0. The first-order valence-corrected chi connectivity index (χ1v) is 7.48. The van der Waals surface area contributed by atoms with Crippen molar-refractivity contribution in [1.29, 1.82) is 0 Å². The van der Waals surface area contributed by atoms with E-state index in [9.17, 15) is 18.0 Å². The second kappa shape index (κ2) is 5.86. The minimum Gasteiger partial charge on any atom is -0.478 e. The molecule has 0 heterocycles. The molecule has 3 N–H and O–H groups in total. The average Bonchev–Trinajstić information content (AvgIpc) is 2.47. The smallest absolute Gasteiger partial charge is 0.337 e. The van der Waals surface area contributed by atoms with Crippen LogP contribution in [0, 0.1) is 0 Å². The Labute approximate surface area is 125 Å². The van der Waals surface area contributed by atoms with Crippen LogP contribution >= 0.6 is 0 Å². The van der Waals surface area contributed by atoms with Crippen LogP contribution in [0.25, 0.3) is 0 Å². The molecule has 0 aliphatic rings. The first kappa shape index (κ1) is 15.5. The minimum absolute atomic E-state index is 0.0279. The highest BCUT2D eigenvalue weighted by atomic mass is 32.2. The van der Waals surface area contributed by atoms with Gasteiger partial charge in [0.25, 0.3) is 10.0 Å². The first-order valence-electron chi connectivity index (χ1n) is 6.00. The third kappa shape index (κ3) is 3.23. The van der Waals surface area contributed by atoms with Gasteiger partial charge in [0.2, 0.25) is 0 Å². The topological polar surface area (TPSA) is 121 Å². The quantitative estimate of drug-likeness (QED) is 0.773. The molecule has 0 saturated heterocycles. The van der Waals surface area contributed by atoms with Crippen molar-refractivity contribution in [3.05, 3.63) is 59.7 Å². The van der Waals surface area contributed by atoms with Crippen LogP contribution in [-0.4, -0.2) is 30.6 Å². The van der Waals surface area contributed by atoms with E-state index in [0.29, 0.717) is 0 Å². The van der Waals surface area contributed by atoms with Crippen molar-refractivity contribution in [3.63, 3.8) is 0 Å². The van der Waals surface area contributed by atoms with Crippen molar-refractivity contribution < 1.29 is 28.2 Å². The van der Waals surface area contributed by atoms with Gasteiger partial charge in [-0.15, -0.1) is 0 Å². The maximum absolute atomic E-state index is 12.3. The van der Waals surface area contributed by atoms with E-state index in [1.54, 1.807) is 0 Å². The summed E-state index contributed by atoms with van der Waals surface area (Å²) in [5, 5.41) is 17.9. The van der Waals surface area contributed by atoms with Crippen molar-refractivity contribution >= 4 is 27.6 Å². The molecule has 114 valence electrons. The number of carboxylic acids is 2. The van der Waals surface area contributed by atoms with Crippen molar-refractivity contribution in [2.75, 3.05) is 4.72 Å². The van der Waals surface area contributed by atoms with E-state index in [1.165, 1.54) is 36.4 Å². The zero-order valence-electron chi connectivity index (χ0n) is 11.1. The number of nitrogens with one attached hydrogen (secondary N) is 1. The zero-order valence-corrected chi connectivity index (χ0v) is 11.9. The van der Waals surface area contributed by atoms with Crippen molar-refractivity contribution in [2.24, 2.45) is 0 Å². The summed E-state index contributed by atoms with van der Waals surface area (Å²) >= 11 is 0. The maximum atomic E-state index is 12.3. The van der Waals surface area contributed by atoms with Gasteiger partial charge in [0.1, 0.15) is 4.90 Å². The van der Waals surface area contributed by atoms with Gasteiger partial charge in [0.15, 0.2) is 0 Å². The lowest BCUT2D eigenvalue weighted by Gasteiger charge is -2.10. The molecule has 0 spiro atoms. The second-order valence-electron chi connectivity index (χ2n) is 4.29. The molecule has 0 fully saturated rings. The van der Waals surface area contributed by atoms with E-state index in [4.69, 9.17) is 10.2 Å². The molecule has 0 aliphatic heterocycles. The number of hydrogen-bond donors (Lipinski definition) is 3. The Balaban J connectivity index is 2.43. The highest BCUT2D eigenvalue weighted by molar-refractivity contribution is 7.92. The Bertz CT molecular complexity index is 844. The lowest BCUT2D eigenvalue weighted by Crippen LogP contribution is -2.17. The van der Waals surface area contributed by atoms with Gasteiger partial charge in [0, 0.05) is 5.69 Å². The van der Waals surface area contributed by atoms with Crippen LogP contribution in [0.5, 0.6) is 0 Å². The van der Waals surface area contributed by atoms with Crippen LogP contribution in [0.2, 0.25) is 0 Å². The predicted octanol–water partition coefficient (Wildman–Crippen LogP) is 1.88. The number of anilines is 1. The van der Waals surface area contributed by atoms with E-state index >= 15 is 0 Å². The first-order chi connectivity index (χ1) is 10.3. The Morgan fingerprint density at radius 3 is 2.23 bits per heavy atom. The van der Waals surface area contributed by atoms with Gasteiger partial charge in [0.05, 0.1) is 11.1 Å². The molecular formula is C14H11NO6S. The van der Waals surface area contributed by atoms with Gasteiger partial charge < -0.3 is 10.2 Å². The van der Waals surface area contributed by atoms with Gasteiger partial charge in [-0.1, -0.05) is 18.2 Å². The molecule has 0 radical (unpaired) electrons. The van der Waals surface area contributed by atoms with Crippen LogP contribution < -0.4 is 4.72 Å². The molecule has 0 saturated carbocycles. The number of benzene rings is 2. The predicted molar refractivity (Wildman–Crippen MR) is 77.6 cm³/mol. The van der Waals surface area contributed by atoms with Crippen molar-refractivity contribution in [3.8, 4) is 0 Å². The molecule has 0 aromatic heterocycles. The molecule has 8 heteroatoms. The number of hydrogen-bond acceptors (Lipinski definition) is 4. The van der Waals surface area contributed by atoms with Crippen LogP contribution in [0.4, 0.5) is 5.69 Å². The third-order valence-corrected chi connectivity index (χ3v) is 4.21. The standard InChI is InChI=1S/C14H11NO6S/c16-13(17)9-4-3-5-10(8-9)15-22(20,21)12-7-2-1-6-11(12)14(18)19/h1-8,15H,(H,16,17)(H,18,19). The summed E-state index contributed by atoms with van der Waals surface area (Å²) in [6.45, 7) is 0. The number of carbonyl (C=O) groups is 2. The third-order valence-electron chi connectivity index (χ3n) is 2.77. The van der Waals surface area contributed by atoms with E-state index in [0.717, 1.165) is 12.1 Å². The summed E-state index contributed by atoms with van der Waals surface area (Å²) < 4.78 is 26.7. The van der Waals surface area contributed by atoms with E-state index < -0.39 is 26.9 Å². The average molecular weight is 321 g/mol. The second-order valence-corrected chi connectivity index (χ2v) is 5.94. The summed E-state index contributed by atoms with van der Waals surface area (Å²) in [5.74, 6) is -2.58. The van der Waals surface area contributed by atoms with Gasteiger partial charge in [-0.3, -0.25) is 4.72 Å². The highest BCUT2D eigenvalue weighted by Crippen LogP contribution is 2.20. The summed E-state index contributed by atoms with van der Waals surface area (Å²) in [4.78, 5) is 21.6. The molecule has 7 nitrogen and oxygen atoms in total. The van der Waals surface area contributed by atoms with Crippen LogP contribution in [0.3, 0.4) is 0 Å². The van der Waals surface area contributed by atoms with Crippen molar-refractivity contribution in [1.82, 2.24) is 0 Å². The normalized spacial score (nSPS) is 10.9. The Morgan fingerprint density at radius 2 is 1.59 bits per heavy atom. The van der Waals surface area contributed by atoms with E-state index in [-0.39, 0.29) is 16.8 Å². The van der Waals surface area contributed by atoms with Gasteiger partial charge in [-0.05, 0) is 30.3 Å². The van der Waals surface area contributed by atoms with Gasteiger partial charge in [-0.2, -0.15) is 0 Å². The zero-order chi connectivity index (χ0) is 16.3. The van der Waals surface area contributed by atoms with Crippen molar-refractivity contribution in [2.45, 2.75) is 4.90 Å². The summed E-state index contributed by atoms with van der Waals surface area (Å²) in [6.07, 6.45) is 0. The van der Waals surface area contributed by atoms with Gasteiger partial charge >= 0.3 is 11.9 Å². The molecule has 2 aromatic rings. The van der Waals surface area contributed by atoms with Crippen LogP contribution in [-0.2, 0) is 10.0 Å². The molecule has 0 amide bonds. The van der Waals surface area contributed by atoms with E-state index in [1.807, 2.05) is 0 Å². The Morgan fingerprint density at radius 1 is 0.909 bits per heavy atom. The van der Waals surface area contributed by atoms with Crippen LogP contribution in [0.1, 0.15) is 20.7 Å². The molecule has 2 rings (SSSR count). The number of aromatic carboxylic acids is 2. The number of sulfonamides is 1. The molecular weight excluding hydrogens is 310 g/mol. The Kier molecular flexibility index (Phi) is 4.13.